The minimum Gasteiger partial charge on any atom is -0.494 e. The van der Waals surface area contributed by atoms with Crippen molar-refractivity contribution in [3.05, 3.63) is 24.4 Å². The van der Waals surface area contributed by atoms with Crippen LogP contribution >= 0.6 is 0 Å². The van der Waals surface area contributed by atoms with Crippen molar-refractivity contribution in [2.24, 2.45) is 0 Å². The van der Waals surface area contributed by atoms with Gasteiger partial charge in [0.25, 0.3) is 0 Å². The quantitative estimate of drug-likeness (QED) is 0.577. The average molecular weight is 275 g/mol. The van der Waals surface area contributed by atoms with Crippen LogP contribution < -0.4 is 10.2 Å². The van der Waals surface area contributed by atoms with E-state index in [0.29, 0.717) is 5.82 Å². The predicted molar refractivity (Wildman–Crippen MR) is 64.5 cm³/mol. The lowest BCUT2D eigenvalue weighted by Gasteiger charge is -2.12. The van der Waals surface area contributed by atoms with Crippen LogP contribution in [0.1, 0.15) is 0 Å². The third-order valence-corrected chi connectivity index (χ3v) is 1.95. The predicted octanol–water partition coefficient (Wildman–Crippen LogP) is 1.94. The highest BCUT2D eigenvalue weighted by Crippen LogP contribution is 2.18. The zero-order chi connectivity index (χ0) is 14.6. The SMILES string of the molecule is CN(C)c1cc(N/C(O)=C\C(=N)C(F)(F)F)ncn1. The van der Waals surface area contributed by atoms with Crippen LogP contribution in [0, 0.1) is 5.41 Å². The summed E-state index contributed by atoms with van der Waals surface area (Å²) in [5, 5.41) is 18.2. The van der Waals surface area contributed by atoms with Crippen LogP contribution in [0.2, 0.25) is 0 Å². The van der Waals surface area contributed by atoms with Crippen molar-refractivity contribution in [2.75, 3.05) is 24.3 Å². The number of aromatic nitrogens is 2. The lowest BCUT2D eigenvalue weighted by atomic mass is 10.3. The van der Waals surface area contributed by atoms with E-state index in [4.69, 9.17) is 5.41 Å². The standard InChI is InChI=1S/C10H12F3N5O/c1-18(2)8-4-7(15-5-16-8)17-9(19)3-6(14)10(11,12)13/h3-5,14,19H,1-2H3,(H,15,16,17)/b9-3+,14-6?. The highest BCUT2D eigenvalue weighted by Gasteiger charge is 2.33. The van der Waals surface area contributed by atoms with Crippen LogP contribution in [0.15, 0.2) is 24.4 Å². The van der Waals surface area contributed by atoms with Crippen LogP contribution in [0.5, 0.6) is 0 Å². The van der Waals surface area contributed by atoms with Gasteiger partial charge in [0, 0.05) is 26.2 Å². The van der Waals surface area contributed by atoms with E-state index in [-0.39, 0.29) is 11.9 Å². The molecule has 104 valence electrons. The number of aliphatic hydroxyl groups excluding tert-OH is 1. The number of alkyl halides is 3. The second-order valence-electron chi connectivity index (χ2n) is 3.72. The molecule has 0 atom stereocenters. The minimum atomic E-state index is -4.81. The van der Waals surface area contributed by atoms with Gasteiger partial charge in [0.05, 0.1) is 0 Å². The van der Waals surface area contributed by atoms with Crippen LogP contribution in [0.3, 0.4) is 0 Å². The summed E-state index contributed by atoms with van der Waals surface area (Å²) >= 11 is 0. The number of nitrogens with zero attached hydrogens (tertiary/aromatic N) is 3. The monoisotopic (exact) mass is 275 g/mol. The van der Waals surface area contributed by atoms with Gasteiger partial charge in [0.15, 0.2) is 5.88 Å². The summed E-state index contributed by atoms with van der Waals surface area (Å²) in [5.74, 6) is -0.204. The van der Waals surface area contributed by atoms with E-state index >= 15 is 0 Å². The number of aliphatic hydroxyl groups is 1. The number of hydrogen-bond acceptors (Lipinski definition) is 6. The Morgan fingerprint density at radius 1 is 1.42 bits per heavy atom. The average Bonchev–Trinajstić information content (AvgIpc) is 2.27. The molecule has 6 nitrogen and oxygen atoms in total. The first-order valence-electron chi connectivity index (χ1n) is 5.03. The molecule has 0 unspecified atom stereocenters. The smallest absolute Gasteiger partial charge is 0.432 e. The number of halogens is 3. The Labute approximate surface area is 107 Å². The number of nitrogens with one attached hydrogen (secondary N) is 2. The Morgan fingerprint density at radius 3 is 2.58 bits per heavy atom. The molecule has 1 aromatic heterocycles. The van der Waals surface area contributed by atoms with E-state index in [2.05, 4.69) is 15.3 Å². The van der Waals surface area contributed by atoms with Gasteiger partial charge in [0.2, 0.25) is 0 Å². The number of anilines is 2. The van der Waals surface area contributed by atoms with Gasteiger partial charge in [-0.3, -0.25) is 5.41 Å². The molecule has 0 saturated carbocycles. The van der Waals surface area contributed by atoms with E-state index < -0.39 is 17.8 Å². The molecule has 0 aromatic carbocycles. The topological polar surface area (TPSA) is 85.1 Å². The van der Waals surface area contributed by atoms with Crippen molar-refractivity contribution in [1.82, 2.24) is 9.97 Å². The molecule has 9 heteroatoms. The second kappa shape index (κ2) is 5.55. The molecular formula is C10H12F3N5O. The van der Waals surface area contributed by atoms with E-state index in [9.17, 15) is 18.3 Å². The summed E-state index contributed by atoms with van der Waals surface area (Å²) in [4.78, 5) is 9.29. The first-order chi connectivity index (χ1) is 8.70. The highest BCUT2D eigenvalue weighted by molar-refractivity contribution is 5.97. The number of hydrogen-bond donors (Lipinski definition) is 3. The molecular weight excluding hydrogens is 263 g/mol. The fourth-order valence-electron chi connectivity index (χ4n) is 1.05. The fourth-order valence-corrected chi connectivity index (χ4v) is 1.05. The maximum absolute atomic E-state index is 12.1. The van der Waals surface area contributed by atoms with Crippen LogP contribution in [-0.4, -0.2) is 41.1 Å². The van der Waals surface area contributed by atoms with Gasteiger partial charge < -0.3 is 15.3 Å². The van der Waals surface area contributed by atoms with Gasteiger partial charge in [-0.1, -0.05) is 0 Å². The number of rotatable bonds is 4. The van der Waals surface area contributed by atoms with Gasteiger partial charge in [-0.2, -0.15) is 13.2 Å². The maximum atomic E-state index is 12.1. The largest absolute Gasteiger partial charge is 0.494 e. The molecule has 1 rings (SSSR count). The van der Waals surface area contributed by atoms with Crippen molar-refractivity contribution < 1.29 is 18.3 Å². The molecule has 0 saturated heterocycles. The van der Waals surface area contributed by atoms with Gasteiger partial charge in [-0.25, -0.2) is 9.97 Å². The first kappa shape index (κ1) is 14.7. The molecule has 19 heavy (non-hydrogen) atoms. The molecule has 1 aromatic rings. The Morgan fingerprint density at radius 2 is 2.05 bits per heavy atom. The molecule has 1 heterocycles. The zero-order valence-corrected chi connectivity index (χ0v) is 10.2. The third kappa shape index (κ3) is 4.45. The Bertz CT molecular complexity index is 498. The van der Waals surface area contributed by atoms with Crippen LogP contribution in [-0.2, 0) is 0 Å². The van der Waals surface area contributed by atoms with Crippen molar-refractivity contribution in [3.8, 4) is 0 Å². The third-order valence-electron chi connectivity index (χ3n) is 1.95. The molecule has 3 N–H and O–H groups in total. The van der Waals surface area contributed by atoms with Crippen molar-refractivity contribution in [2.45, 2.75) is 6.18 Å². The summed E-state index contributed by atoms with van der Waals surface area (Å²) in [6.07, 6.45) is -3.35. The van der Waals surface area contributed by atoms with Gasteiger partial charge in [-0.05, 0) is 0 Å². The summed E-state index contributed by atoms with van der Waals surface area (Å²) in [7, 11) is 3.45. The normalized spacial score (nSPS) is 12.2. The van der Waals surface area contributed by atoms with Crippen molar-refractivity contribution in [3.63, 3.8) is 0 Å². The maximum Gasteiger partial charge on any atom is 0.432 e. The summed E-state index contributed by atoms with van der Waals surface area (Å²) < 4.78 is 36.2. The number of allylic oxidation sites excluding steroid dienone is 1. The molecule has 0 spiro atoms. The van der Waals surface area contributed by atoms with Crippen molar-refractivity contribution in [1.29, 1.82) is 5.41 Å². The van der Waals surface area contributed by atoms with Crippen LogP contribution in [0.4, 0.5) is 24.8 Å². The lowest BCUT2D eigenvalue weighted by Crippen LogP contribution is -2.21. The minimum absolute atomic E-state index is 0.113. The molecule has 0 aliphatic carbocycles. The Balaban J connectivity index is 2.82. The van der Waals surface area contributed by atoms with E-state index in [1.165, 1.54) is 12.4 Å². The highest BCUT2D eigenvalue weighted by atomic mass is 19.4. The Kier molecular flexibility index (Phi) is 4.30. The molecule has 0 bridgehead atoms. The molecule has 0 fully saturated rings. The van der Waals surface area contributed by atoms with E-state index in [1.54, 1.807) is 19.0 Å². The Hall–Kier alpha value is -2.32. The molecule has 0 aliphatic rings. The fraction of sp³-hybridized carbons (Fsp3) is 0.300. The summed E-state index contributed by atoms with van der Waals surface area (Å²) in [5.41, 5.74) is -1.67. The van der Waals surface area contributed by atoms with Gasteiger partial charge in [-0.15, -0.1) is 0 Å². The molecule has 0 amide bonds. The van der Waals surface area contributed by atoms with Crippen LogP contribution in [0.25, 0.3) is 0 Å². The second-order valence-corrected chi connectivity index (χ2v) is 3.72. The first-order valence-corrected chi connectivity index (χ1v) is 5.03. The molecule has 0 aliphatic heterocycles. The van der Waals surface area contributed by atoms with Gasteiger partial charge in [0.1, 0.15) is 23.7 Å². The summed E-state index contributed by atoms with van der Waals surface area (Å²) in [6, 6.07) is 1.43. The summed E-state index contributed by atoms with van der Waals surface area (Å²) in [6.45, 7) is 0. The van der Waals surface area contributed by atoms with E-state index in [1.807, 2.05) is 0 Å². The van der Waals surface area contributed by atoms with E-state index in [0.717, 1.165) is 0 Å². The lowest BCUT2D eigenvalue weighted by molar-refractivity contribution is -0.0585. The zero-order valence-electron chi connectivity index (χ0n) is 10.2. The molecule has 0 radical (unpaired) electrons. The van der Waals surface area contributed by atoms with Crippen molar-refractivity contribution >= 4 is 17.3 Å². The van der Waals surface area contributed by atoms with Gasteiger partial charge >= 0.3 is 6.18 Å².